The SMILES string of the molecule is O=C1NC(=O)/C(=C\c2ccc(OCc3ccc(Cl)cc3Cl)cc2)S1. The van der Waals surface area contributed by atoms with Crippen LogP contribution in [0.5, 0.6) is 5.75 Å². The van der Waals surface area contributed by atoms with E-state index in [1.807, 2.05) is 18.2 Å². The van der Waals surface area contributed by atoms with E-state index in [9.17, 15) is 9.59 Å². The third-order valence-corrected chi connectivity index (χ3v) is 4.63. The number of halogens is 2. The van der Waals surface area contributed by atoms with E-state index in [0.29, 0.717) is 27.3 Å². The number of carbonyl (C=O) groups excluding carboxylic acids is 2. The second-order valence-electron chi connectivity index (χ2n) is 4.95. The first kappa shape index (κ1) is 16.9. The van der Waals surface area contributed by atoms with E-state index in [0.717, 1.165) is 22.9 Å². The number of nitrogens with one attached hydrogen (secondary N) is 1. The van der Waals surface area contributed by atoms with E-state index in [2.05, 4.69) is 5.32 Å². The highest BCUT2D eigenvalue weighted by atomic mass is 35.5. The molecule has 0 radical (unpaired) electrons. The van der Waals surface area contributed by atoms with Crippen molar-refractivity contribution >= 4 is 52.2 Å². The van der Waals surface area contributed by atoms with Crippen LogP contribution in [0.3, 0.4) is 0 Å². The zero-order valence-corrected chi connectivity index (χ0v) is 14.5. The van der Waals surface area contributed by atoms with Crippen molar-refractivity contribution in [1.29, 1.82) is 0 Å². The summed E-state index contributed by atoms with van der Waals surface area (Å²) < 4.78 is 5.69. The number of imide groups is 1. The number of amides is 2. The first-order valence-electron chi connectivity index (χ1n) is 6.93. The molecule has 1 fully saturated rings. The Balaban J connectivity index is 1.65. The molecule has 0 unspecified atom stereocenters. The van der Waals surface area contributed by atoms with Crippen LogP contribution in [-0.2, 0) is 11.4 Å². The lowest BCUT2D eigenvalue weighted by atomic mass is 10.2. The average Bonchev–Trinajstić information content (AvgIpc) is 2.85. The quantitative estimate of drug-likeness (QED) is 0.767. The predicted molar refractivity (Wildman–Crippen MR) is 96.3 cm³/mol. The number of rotatable bonds is 4. The molecule has 1 N–H and O–H groups in total. The van der Waals surface area contributed by atoms with Crippen LogP contribution in [0, 0.1) is 0 Å². The van der Waals surface area contributed by atoms with Gasteiger partial charge in [-0.05, 0) is 47.7 Å². The molecule has 0 bridgehead atoms. The lowest BCUT2D eigenvalue weighted by molar-refractivity contribution is -0.115. The molecule has 4 nitrogen and oxygen atoms in total. The summed E-state index contributed by atoms with van der Waals surface area (Å²) in [6, 6.07) is 12.4. The van der Waals surface area contributed by atoms with Crippen LogP contribution in [0.1, 0.15) is 11.1 Å². The molecule has 1 saturated heterocycles. The number of hydrogen-bond donors (Lipinski definition) is 1. The number of hydrogen-bond acceptors (Lipinski definition) is 4. The second kappa shape index (κ2) is 7.30. The van der Waals surface area contributed by atoms with Crippen LogP contribution in [0.25, 0.3) is 6.08 Å². The summed E-state index contributed by atoms with van der Waals surface area (Å²) in [5, 5.41) is 2.99. The van der Waals surface area contributed by atoms with Crippen molar-refractivity contribution in [2.45, 2.75) is 6.61 Å². The molecule has 122 valence electrons. The standard InChI is InChI=1S/C17H11Cl2NO3S/c18-12-4-3-11(14(19)8-12)9-23-13-5-1-10(2-6-13)7-15-16(21)20-17(22)24-15/h1-8H,9H2,(H,20,21,22)/b15-7+. The molecular weight excluding hydrogens is 369 g/mol. The molecule has 0 atom stereocenters. The maximum atomic E-state index is 11.5. The summed E-state index contributed by atoms with van der Waals surface area (Å²) in [7, 11) is 0. The Morgan fingerprint density at radius 3 is 2.46 bits per heavy atom. The maximum absolute atomic E-state index is 11.5. The van der Waals surface area contributed by atoms with E-state index < -0.39 is 0 Å². The van der Waals surface area contributed by atoms with Crippen molar-refractivity contribution in [3.05, 3.63) is 68.5 Å². The number of carbonyl (C=O) groups is 2. The predicted octanol–water partition coefficient (Wildman–Crippen LogP) is 4.90. The third-order valence-electron chi connectivity index (χ3n) is 3.23. The number of benzene rings is 2. The normalized spacial score (nSPS) is 15.7. The van der Waals surface area contributed by atoms with Crippen molar-refractivity contribution in [3.63, 3.8) is 0 Å². The van der Waals surface area contributed by atoms with Crippen LogP contribution in [0.15, 0.2) is 47.4 Å². The van der Waals surface area contributed by atoms with Crippen LogP contribution in [0.2, 0.25) is 10.0 Å². The van der Waals surface area contributed by atoms with E-state index in [1.54, 1.807) is 30.3 Å². The highest BCUT2D eigenvalue weighted by molar-refractivity contribution is 8.18. The Morgan fingerprint density at radius 1 is 1.08 bits per heavy atom. The fourth-order valence-corrected chi connectivity index (χ4v) is 3.18. The van der Waals surface area contributed by atoms with Crippen LogP contribution in [-0.4, -0.2) is 11.1 Å². The fourth-order valence-electron chi connectivity index (χ4n) is 2.03. The van der Waals surface area contributed by atoms with Gasteiger partial charge in [0, 0.05) is 15.6 Å². The Labute approximate surface area is 152 Å². The summed E-state index contributed by atoms with van der Waals surface area (Å²) in [6.07, 6.45) is 1.66. The largest absolute Gasteiger partial charge is 0.489 e. The summed E-state index contributed by atoms with van der Waals surface area (Å²) in [6.45, 7) is 0.323. The van der Waals surface area contributed by atoms with Crippen LogP contribution < -0.4 is 10.1 Å². The highest BCUT2D eigenvalue weighted by Gasteiger charge is 2.24. The van der Waals surface area contributed by atoms with Crippen molar-refractivity contribution in [2.24, 2.45) is 0 Å². The molecule has 2 aromatic rings. The van der Waals surface area contributed by atoms with Gasteiger partial charge in [0.15, 0.2) is 0 Å². The molecular formula is C17H11Cl2NO3S. The van der Waals surface area contributed by atoms with Gasteiger partial charge in [-0.15, -0.1) is 0 Å². The van der Waals surface area contributed by atoms with Gasteiger partial charge < -0.3 is 4.74 Å². The van der Waals surface area contributed by atoms with Gasteiger partial charge in [-0.25, -0.2) is 0 Å². The van der Waals surface area contributed by atoms with Gasteiger partial charge in [-0.3, -0.25) is 14.9 Å². The summed E-state index contributed by atoms with van der Waals surface area (Å²) in [5.74, 6) is 0.297. The van der Waals surface area contributed by atoms with Crippen molar-refractivity contribution in [1.82, 2.24) is 5.32 Å². The summed E-state index contributed by atoms with van der Waals surface area (Å²) >= 11 is 12.8. The van der Waals surface area contributed by atoms with Gasteiger partial charge in [0.05, 0.1) is 4.91 Å². The molecule has 2 aromatic carbocycles. The topological polar surface area (TPSA) is 55.4 Å². The molecule has 2 amide bonds. The minimum atomic E-state index is -0.372. The highest BCUT2D eigenvalue weighted by Crippen LogP contribution is 2.27. The summed E-state index contributed by atoms with van der Waals surface area (Å²) in [4.78, 5) is 23.0. The molecule has 1 aliphatic heterocycles. The van der Waals surface area contributed by atoms with Gasteiger partial charge in [0.1, 0.15) is 12.4 Å². The molecule has 24 heavy (non-hydrogen) atoms. The van der Waals surface area contributed by atoms with E-state index >= 15 is 0 Å². The molecule has 0 aliphatic carbocycles. The molecule has 1 aliphatic rings. The molecule has 7 heteroatoms. The van der Waals surface area contributed by atoms with E-state index in [1.165, 1.54) is 0 Å². The summed E-state index contributed by atoms with van der Waals surface area (Å²) in [5.41, 5.74) is 1.64. The molecule has 0 spiro atoms. The van der Waals surface area contributed by atoms with Crippen LogP contribution >= 0.6 is 35.0 Å². The minimum absolute atomic E-state index is 0.323. The first-order valence-corrected chi connectivity index (χ1v) is 8.50. The zero-order chi connectivity index (χ0) is 17.1. The van der Waals surface area contributed by atoms with Gasteiger partial charge in [-0.1, -0.05) is 41.4 Å². The van der Waals surface area contributed by atoms with Crippen molar-refractivity contribution < 1.29 is 14.3 Å². The molecule has 0 saturated carbocycles. The first-order chi connectivity index (χ1) is 11.5. The van der Waals surface area contributed by atoms with E-state index in [4.69, 9.17) is 27.9 Å². The van der Waals surface area contributed by atoms with Gasteiger partial charge in [-0.2, -0.15) is 0 Å². The fraction of sp³-hybridized carbons (Fsp3) is 0.0588. The Hall–Kier alpha value is -1.95. The smallest absolute Gasteiger partial charge is 0.290 e. The monoisotopic (exact) mass is 379 g/mol. The average molecular weight is 380 g/mol. The van der Waals surface area contributed by atoms with Crippen molar-refractivity contribution in [2.75, 3.05) is 0 Å². The minimum Gasteiger partial charge on any atom is -0.489 e. The molecule has 0 aromatic heterocycles. The second-order valence-corrected chi connectivity index (χ2v) is 6.80. The Kier molecular flexibility index (Phi) is 5.14. The van der Waals surface area contributed by atoms with Gasteiger partial charge in [0.25, 0.3) is 11.1 Å². The van der Waals surface area contributed by atoms with Crippen LogP contribution in [0.4, 0.5) is 4.79 Å². The third kappa shape index (κ3) is 4.12. The van der Waals surface area contributed by atoms with Crippen molar-refractivity contribution in [3.8, 4) is 5.75 Å². The Morgan fingerprint density at radius 2 is 1.83 bits per heavy atom. The lowest BCUT2D eigenvalue weighted by Crippen LogP contribution is -2.17. The number of ether oxygens (including phenoxy) is 1. The maximum Gasteiger partial charge on any atom is 0.290 e. The Bertz CT molecular complexity index is 834. The van der Waals surface area contributed by atoms with Gasteiger partial charge >= 0.3 is 0 Å². The van der Waals surface area contributed by atoms with E-state index in [-0.39, 0.29) is 11.1 Å². The number of thioether (sulfide) groups is 1. The molecule has 3 rings (SSSR count). The van der Waals surface area contributed by atoms with Gasteiger partial charge in [0.2, 0.25) is 0 Å². The lowest BCUT2D eigenvalue weighted by Gasteiger charge is -2.08. The molecule has 1 heterocycles. The zero-order valence-electron chi connectivity index (χ0n) is 12.2.